The number of carbonyl (C=O) groups is 1. The molecule has 0 aliphatic carbocycles. The van der Waals surface area contributed by atoms with E-state index in [4.69, 9.17) is 4.74 Å². The molecule has 2 heterocycles. The molecular weight excluding hydrogens is 347 g/mol. The summed E-state index contributed by atoms with van der Waals surface area (Å²) in [5, 5.41) is 6.54. The molecule has 0 N–H and O–H groups in total. The van der Waals surface area contributed by atoms with Crippen LogP contribution in [0.3, 0.4) is 0 Å². The average Bonchev–Trinajstić information content (AvgIpc) is 3.25. The maximum Gasteiger partial charge on any atom is 0.273 e. The Morgan fingerprint density at radius 2 is 2.17 bits per heavy atom. The SMILES string of the molecule is COc1ccc(CN(C)C(=O)c2csc(-c3ccsc3)n2)cc1F. The van der Waals surface area contributed by atoms with Gasteiger partial charge < -0.3 is 9.64 Å². The van der Waals surface area contributed by atoms with Gasteiger partial charge in [-0.15, -0.1) is 11.3 Å². The number of hydrogen-bond donors (Lipinski definition) is 0. The van der Waals surface area contributed by atoms with Crippen molar-refractivity contribution in [2.45, 2.75) is 6.54 Å². The predicted octanol–water partition coefficient (Wildman–Crippen LogP) is 4.29. The van der Waals surface area contributed by atoms with Gasteiger partial charge in [-0.1, -0.05) is 6.07 Å². The summed E-state index contributed by atoms with van der Waals surface area (Å²) >= 11 is 3.03. The van der Waals surface area contributed by atoms with Crippen molar-refractivity contribution in [1.29, 1.82) is 0 Å². The van der Waals surface area contributed by atoms with E-state index in [1.165, 1.54) is 29.4 Å². The van der Waals surface area contributed by atoms with Gasteiger partial charge in [-0.3, -0.25) is 4.79 Å². The minimum absolute atomic E-state index is 0.188. The van der Waals surface area contributed by atoms with Crippen molar-refractivity contribution in [3.8, 4) is 16.3 Å². The molecule has 0 saturated carbocycles. The molecule has 1 amide bonds. The van der Waals surface area contributed by atoms with Crippen LogP contribution in [0.5, 0.6) is 5.75 Å². The number of halogens is 1. The minimum atomic E-state index is -0.441. The lowest BCUT2D eigenvalue weighted by Crippen LogP contribution is -2.26. The first-order valence-corrected chi connectivity index (χ1v) is 8.96. The molecule has 0 radical (unpaired) electrons. The van der Waals surface area contributed by atoms with E-state index in [-0.39, 0.29) is 11.7 Å². The van der Waals surface area contributed by atoms with Crippen LogP contribution in [0.4, 0.5) is 4.39 Å². The number of nitrogens with zero attached hydrogens (tertiary/aromatic N) is 2. The molecule has 24 heavy (non-hydrogen) atoms. The standard InChI is InChI=1S/C17H15FN2O2S2/c1-20(8-11-3-4-15(22-2)13(18)7-11)17(21)14-10-24-16(19-14)12-5-6-23-9-12/h3-7,9-10H,8H2,1-2H3. The second kappa shape index (κ2) is 7.11. The Hall–Kier alpha value is -2.25. The first kappa shape index (κ1) is 16.6. The van der Waals surface area contributed by atoms with Crippen molar-refractivity contribution in [3.05, 3.63) is 57.5 Å². The molecule has 0 atom stereocenters. The number of aromatic nitrogens is 1. The van der Waals surface area contributed by atoms with E-state index in [0.29, 0.717) is 17.8 Å². The number of amides is 1. The van der Waals surface area contributed by atoms with Gasteiger partial charge in [0, 0.05) is 29.9 Å². The average molecular weight is 362 g/mol. The Morgan fingerprint density at radius 1 is 1.33 bits per heavy atom. The molecule has 124 valence electrons. The summed E-state index contributed by atoms with van der Waals surface area (Å²) in [6, 6.07) is 6.64. The normalized spacial score (nSPS) is 10.6. The number of carbonyl (C=O) groups excluding carboxylic acids is 1. The monoisotopic (exact) mass is 362 g/mol. The van der Waals surface area contributed by atoms with Gasteiger partial charge in [-0.05, 0) is 29.1 Å². The van der Waals surface area contributed by atoms with E-state index >= 15 is 0 Å². The maximum absolute atomic E-state index is 13.7. The van der Waals surface area contributed by atoms with Crippen LogP contribution in [-0.2, 0) is 6.54 Å². The van der Waals surface area contributed by atoms with E-state index in [1.807, 2.05) is 16.8 Å². The largest absolute Gasteiger partial charge is 0.494 e. The van der Waals surface area contributed by atoms with Gasteiger partial charge in [0.15, 0.2) is 11.6 Å². The lowest BCUT2D eigenvalue weighted by Gasteiger charge is -2.16. The van der Waals surface area contributed by atoms with Crippen molar-refractivity contribution in [2.75, 3.05) is 14.2 Å². The predicted molar refractivity (Wildman–Crippen MR) is 94.2 cm³/mol. The Balaban J connectivity index is 1.72. The highest BCUT2D eigenvalue weighted by Crippen LogP contribution is 2.26. The summed E-state index contributed by atoms with van der Waals surface area (Å²) in [5.41, 5.74) is 2.11. The fraction of sp³-hybridized carbons (Fsp3) is 0.176. The zero-order chi connectivity index (χ0) is 17.1. The van der Waals surface area contributed by atoms with Crippen LogP contribution in [0.2, 0.25) is 0 Å². The van der Waals surface area contributed by atoms with Gasteiger partial charge in [-0.25, -0.2) is 9.37 Å². The minimum Gasteiger partial charge on any atom is -0.494 e. The molecule has 3 rings (SSSR count). The van der Waals surface area contributed by atoms with Crippen LogP contribution in [-0.4, -0.2) is 29.9 Å². The molecule has 7 heteroatoms. The number of thiazole rings is 1. The molecule has 4 nitrogen and oxygen atoms in total. The molecule has 1 aromatic carbocycles. The van der Waals surface area contributed by atoms with Gasteiger partial charge in [0.2, 0.25) is 0 Å². The molecular formula is C17H15FN2O2S2. The second-order valence-corrected chi connectivity index (χ2v) is 6.82. The summed E-state index contributed by atoms with van der Waals surface area (Å²) in [7, 11) is 3.09. The van der Waals surface area contributed by atoms with Crippen LogP contribution in [0.1, 0.15) is 16.1 Å². The molecule has 0 spiro atoms. The van der Waals surface area contributed by atoms with Gasteiger partial charge in [0.25, 0.3) is 5.91 Å². The molecule has 2 aromatic heterocycles. The highest BCUT2D eigenvalue weighted by molar-refractivity contribution is 7.14. The molecule has 0 bridgehead atoms. The third-order valence-corrected chi connectivity index (χ3v) is 5.05. The first-order valence-electron chi connectivity index (χ1n) is 7.14. The molecule has 0 unspecified atom stereocenters. The van der Waals surface area contributed by atoms with Crippen LogP contribution >= 0.6 is 22.7 Å². The first-order chi connectivity index (χ1) is 11.6. The summed E-state index contributed by atoms with van der Waals surface area (Å²) in [5.74, 6) is -0.444. The Morgan fingerprint density at radius 3 is 2.83 bits per heavy atom. The third-order valence-electron chi connectivity index (χ3n) is 3.47. The summed E-state index contributed by atoms with van der Waals surface area (Å²) in [6.07, 6.45) is 0. The number of rotatable bonds is 5. The Labute approximate surface area is 147 Å². The van der Waals surface area contributed by atoms with Crippen molar-refractivity contribution in [2.24, 2.45) is 0 Å². The number of hydrogen-bond acceptors (Lipinski definition) is 5. The zero-order valence-electron chi connectivity index (χ0n) is 13.2. The third kappa shape index (κ3) is 3.47. The van der Waals surface area contributed by atoms with Crippen molar-refractivity contribution < 1.29 is 13.9 Å². The van der Waals surface area contributed by atoms with Crippen LogP contribution in [0, 0.1) is 5.82 Å². The smallest absolute Gasteiger partial charge is 0.273 e. The molecule has 0 saturated heterocycles. The maximum atomic E-state index is 13.7. The van der Waals surface area contributed by atoms with Crippen molar-refractivity contribution in [3.63, 3.8) is 0 Å². The highest BCUT2D eigenvalue weighted by atomic mass is 32.1. The number of benzene rings is 1. The lowest BCUT2D eigenvalue weighted by molar-refractivity contribution is 0.0780. The fourth-order valence-electron chi connectivity index (χ4n) is 2.24. The highest BCUT2D eigenvalue weighted by Gasteiger charge is 2.17. The number of thiophene rings is 1. The molecule has 0 aliphatic rings. The van der Waals surface area contributed by atoms with Crippen LogP contribution in [0.15, 0.2) is 40.4 Å². The molecule has 0 fully saturated rings. The van der Waals surface area contributed by atoms with Gasteiger partial charge in [0.05, 0.1) is 7.11 Å². The van der Waals surface area contributed by atoms with Crippen LogP contribution < -0.4 is 4.74 Å². The van der Waals surface area contributed by atoms with Gasteiger partial charge >= 0.3 is 0 Å². The zero-order valence-corrected chi connectivity index (χ0v) is 14.8. The van der Waals surface area contributed by atoms with Crippen molar-refractivity contribution >= 4 is 28.6 Å². The quantitative estimate of drug-likeness (QED) is 0.680. The second-order valence-electron chi connectivity index (χ2n) is 5.18. The Bertz CT molecular complexity index is 846. The summed E-state index contributed by atoms with van der Waals surface area (Å²) in [4.78, 5) is 18.4. The van der Waals surface area contributed by atoms with Gasteiger partial charge in [0.1, 0.15) is 10.7 Å². The summed E-state index contributed by atoms with van der Waals surface area (Å²) in [6.45, 7) is 0.297. The topological polar surface area (TPSA) is 42.4 Å². The van der Waals surface area contributed by atoms with Gasteiger partial charge in [-0.2, -0.15) is 11.3 Å². The van der Waals surface area contributed by atoms with Crippen molar-refractivity contribution in [1.82, 2.24) is 9.88 Å². The Kier molecular flexibility index (Phi) is 4.92. The number of methoxy groups -OCH3 is 1. The van der Waals surface area contributed by atoms with E-state index in [2.05, 4.69) is 4.98 Å². The van der Waals surface area contributed by atoms with E-state index < -0.39 is 5.82 Å². The van der Waals surface area contributed by atoms with E-state index in [1.54, 1.807) is 35.9 Å². The molecule has 0 aliphatic heterocycles. The molecule has 3 aromatic rings. The number of ether oxygens (including phenoxy) is 1. The van der Waals surface area contributed by atoms with E-state index in [9.17, 15) is 9.18 Å². The fourth-order valence-corrected chi connectivity index (χ4v) is 3.75. The van der Waals surface area contributed by atoms with E-state index in [0.717, 1.165) is 10.6 Å². The van der Waals surface area contributed by atoms with Crippen LogP contribution in [0.25, 0.3) is 10.6 Å². The summed E-state index contributed by atoms with van der Waals surface area (Å²) < 4.78 is 18.6. The lowest BCUT2D eigenvalue weighted by atomic mass is 10.2.